The van der Waals surface area contributed by atoms with Crippen LogP contribution in [0.4, 0.5) is 5.13 Å². The second-order valence-corrected chi connectivity index (χ2v) is 10.3. The summed E-state index contributed by atoms with van der Waals surface area (Å²) in [6.07, 6.45) is -0.327. The first kappa shape index (κ1) is 25.5. The van der Waals surface area contributed by atoms with E-state index >= 15 is 0 Å². The third-order valence-corrected chi connectivity index (χ3v) is 7.30. The predicted octanol–water partition coefficient (Wildman–Crippen LogP) is 6.91. The summed E-state index contributed by atoms with van der Waals surface area (Å²) in [7, 11) is 0. The van der Waals surface area contributed by atoms with E-state index < -0.39 is 0 Å². The second kappa shape index (κ2) is 11.4. The van der Waals surface area contributed by atoms with Gasteiger partial charge >= 0.3 is 0 Å². The zero-order valence-corrected chi connectivity index (χ0v) is 22.4. The minimum atomic E-state index is -0.327. The van der Waals surface area contributed by atoms with Gasteiger partial charge in [-0.15, -0.1) is 21.5 Å². The summed E-state index contributed by atoms with van der Waals surface area (Å²) in [4.78, 5) is 17.0. The molecule has 0 fully saturated rings. The molecule has 0 aliphatic rings. The molecule has 2 aromatic carbocycles. The van der Waals surface area contributed by atoms with Gasteiger partial charge in [0.1, 0.15) is 5.75 Å². The van der Waals surface area contributed by atoms with Gasteiger partial charge in [0.25, 0.3) is 0 Å². The van der Waals surface area contributed by atoms with Crippen LogP contribution >= 0.6 is 46.3 Å². The van der Waals surface area contributed by atoms with Crippen LogP contribution in [0.15, 0.2) is 53.0 Å². The van der Waals surface area contributed by atoms with Crippen LogP contribution < -0.4 is 10.1 Å². The van der Waals surface area contributed by atoms with Gasteiger partial charge < -0.3 is 14.6 Å². The van der Waals surface area contributed by atoms with E-state index in [-0.39, 0.29) is 17.8 Å². The lowest BCUT2D eigenvalue weighted by molar-refractivity contribution is -0.113. The number of carbonyl (C=O) groups excluding carboxylic acids is 1. The Morgan fingerprint density at radius 3 is 2.63 bits per heavy atom. The summed E-state index contributed by atoms with van der Waals surface area (Å²) in [5.41, 5.74) is 2.67. The van der Waals surface area contributed by atoms with Crippen molar-refractivity contribution in [2.75, 3.05) is 11.1 Å². The Hall–Kier alpha value is -2.59. The molecule has 0 aliphatic heterocycles. The molecular weight excluding hydrogens is 525 g/mol. The maximum absolute atomic E-state index is 12.5. The normalized spacial score (nSPS) is 11.9. The number of anilines is 1. The minimum Gasteiger partial charge on any atom is -0.482 e. The molecule has 11 heteroatoms. The van der Waals surface area contributed by atoms with Crippen molar-refractivity contribution in [3.63, 3.8) is 0 Å². The third kappa shape index (κ3) is 6.35. The van der Waals surface area contributed by atoms with Crippen molar-refractivity contribution in [3.8, 4) is 17.0 Å². The lowest BCUT2D eigenvalue weighted by Crippen LogP contribution is -2.15. The van der Waals surface area contributed by atoms with Crippen LogP contribution in [0, 0.1) is 6.92 Å². The predicted molar refractivity (Wildman–Crippen MR) is 143 cm³/mol. The Morgan fingerprint density at radius 1 is 1.17 bits per heavy atom. The fraction of sp³-hybridized carbons (Fsp3) is 0.250. The first-order valence-electron chi connectivity index (χ1n) is 10.8. The summed E-state index contributed by atoms with van der Waals surface area (Å²) < 4.78 is 8.06. The highest BCUT2D eigenvalue weighted by molar-refractivity contribution is 7.99. The summed E-state index contributed by atoms with van der Waals surface area (Å²) in [5, 5.41) is 15.9. The van der Waals surface area contributed by atoms with Crippen LogP contribution in [0.25, 0.3) is 11.3 Å². The zero-order valence-electron chi connectivity index (χ0n) is 19.3. The van der Waals surface area contributed by atoms with Crippen molar-refractivity contribution < 1.29 is 9.53 Å². The van der Waals surface area contributed by atoms with Gasteiger partial charge in [-0.1, -0.05) is 47.1 Å². The van der Waals surface area contributed by atoms with E-state index in [0.717, 1.165) is 22.6 Å². The zero-order chi connectivity index (χ0) is 24.9. The smallest absolute Gasteiger partial charge is 0.236 e. The standard InChI is InChI=1S/C24H23Cl2N5O2S2/c1-4-31-22(15(3)33-20-10-9-18(26)11-14(20)2)29-30-24(31)35-13-21(32)28-23-27-19(12-34-23)16-5-7-17(25)8-6-16/h5-12,15H,4,13H2,1-3H3,(H,27,28,32). The number of amides is 1. The number of benzene rings is 2. The molecule has 1 amide bonds. The number of thioether (sulfide) groups is 1. The van der Waals surface area contributed by atoms with Crippen LogP contribution in [0.5, 0.6) is 5.75 Å². The van der Waals surface area contributed by atoms with Gasteiger partial charge in [-0.2, -0.15) is 0 Å². The lowest BCUT2D eigenvalue weighted by Gasteiger charge is -2.17. The highest BCUT2D eigenvalue weighted by atomic mass is 35.5. The number of nitrogens with one attached hydrogen (secondary N) is 1. The molecule has 0 radical (unpaired) electrons. The summed E-state index contributed by atoms with van der Waals surface area (Å²) in [6, 6.07) is 12.9. The highest BCUT2D eigenvalue weighted by Crippen LogP contribution is 2.29. The SMILES string of the molecule is CCn1c(SCC(=O)Nc2nc(-c3ccc(Cl)cc3)cs2)nnc1C(C)Oc1ccc(Cl)cc1C. The molecule has 182 valence electrons. The van der Waals surface area contributed by atoms with E-state index in [4.69, 9.17) is 27.9 Å². The van der Waals surface area contributed by atoms with E-state index in [1.54, 1.807) is 6.07 Å². The number of aromatic nitrogens is 4. The van der Waals surface area contributed by atoms with Crippen molar-refractivity contribution in [1.29, 1.82) is 0 Å². The van der Waals surface area contributed by atoms with Crippen LogP contribution in [0.2, 0.25) is 10.0 Å². The number of aryl methyl sites for hydroxylation is 1. The van der Waals surface area contributed by atoms with E-state index in [1.165, 1.54) is 23.1 Å². The first-order valence-corrected chi connectivity index (χ1v) is 13.5. The van der Waals surface area contributed by atoms with E-state index in [2.05, 4.69) is 20.5 Å². The van der Waals surface area contributed by atoms with Crippen molar-refractivity contribution in [2.45, 2.75) is 38.6 Å². The Kier molecular flexibility index (Phi) is 8.33. The van der Waals surface area contributed by atoms with Crippen molar-refractivity contribution >= 4 is 57.3 Å². The second-order valence-electron chi connectivity index (χ2n) is 7.64. The minimum absolute atomic E-state index is 0.166. The highest BCUT2D eigenvalue weighted by Gasteiger charge is 2.20. The first-order chi connectivity index (χ1) is 16.8. The van der Waals surface area contributed by atoms with E-state index in [9.17, 15) is 4.79 Å². The average Bonchev–Trinajstić information content (AvgIpc) is 3.47. The maximum atomic E-state index is 12.5. The molecule has 4 rings (SSSR count). The van der Waals surface area contributed by atoms with Crippen LogP contribution in [-0.4, -0.2) is 31.4 Å². The Balaban J connectivity index is 1.36. The molecule has 0 aliphatic carbocycles. The number of hydrogen-bond acceptors (Lipinski definition) is 7. The molecule has 1 N–H and O–H groups in total. The Morgan fingerprint density at radius 2 is 1.91 bits per heavy atom. The largest absolute Gasteiger partial charge is 0.482 e. The fourth-order valence-corrected chi connectivity index (χ4v) is 5.26. The topological polar surface area (TPSA) is 81.9 Å². The molecule has 2 aromatic heterocycles. The van der Waals surface area contributed by atoms with Crippen LogP contribution in [0.3, 0.4) is 0 Å². The number of carbonyl (C=O) groups is 1. The number of halogens is 2. The van der Waals surface area contributed by atoms with Gasteiger partial charge in [0.2, 0.25) is 5.91 Å². The molecule has 0 spiro atoms. The molecule has 2 heterocycles. The molecule has 0 bridgehead atoms. The van der Waals surface area contributed by atoms with Gasteiger partial charge in [-0.25, -0.2) is 4.98 Å². The molecular formula is C24H23Cl2N5O2S2. The van der Waals surface area contributed by atoms with Gasteiger partial charge in [0, 0.05) is 27.5 Å². The maximum Gasteiger partial charge on any atom is 0.236 e. The number of thiazole rings is 1. The third-order valence-electron chi connectivity index (χ3n) is 5.09. The van der Waals surface area contributed by atoms with Crippen molar-refractivity contribution in [2.24, 2.45) is 0 Å². The molecule has 4 aromatic rings. The number of rotatable bonds is 9. The monoisotopic (exact) mass is 547 g/mol. The van der Waals surface area contributed by atoms with Gasteiger partial charge in [0.05, 0.1) is 11.4 Å². The van der Waals surface area contributed by atoms with Gasteiger partial charge in [0.15, 0.2) is 22.2 Å². The van der Waals surface area contributed by atoms with E-state index in [0.29, 0.717) is 32.7 Å². The number of ether oxygens (including phenoxy) is 1. The molecule has 1 atom stereocenters. The molecule has 7 nitrogen and oxygen atoms in total. The average molecular weight is 549 g/mol. The van der Waals surface area contributed by atoms with Gasteiger partial charge in [-0.05, 0) is 56.7 Å². The molecule has 0 saturated carbocycles. The quantitative estimate of drug-likeness (QED) is 0.229. The van der Waals surface area contributed by atoms with Crippen molar-refractivity contribution in [3.05, 3.63) is 69.3 Å². The Labute approximate surface area is 221 Å². The number of hydrogen-bond donors (Lipinski definition) is 1. The molecule has 1 unspecified atom stereocenters. The summed E-state index contributed by atoms with van der Waals surface area (Å²) in [5.74, 6) is 1.44. The van der Waals surface area contributed by atoms with Crippen LogP contribution in [-0.2, 0) is 11.3 Å². The molecule has 35 heavy (non-hydrogen) atoms. The van der Waals surface area contributed by atoms with Crippen LogP contribution in [0.1, 0.15) is 31.3 Å². The Bertz CT molecular complexity index is 1320. The van der Waals surface area contributed by atoms with Crippen molar-refractivity contribution in [1.82, 2.24) is 19.7 Å². The summed E-state index contributed by atoms with van der Waals surface area (Å²) >= 11 is 14.7. The fourth-order valence-electron chi connectivity index (χ4n) is 3.36. The van der Waals surface area contributed by atoms with Gasteiger partial charge in [-0.3, -0.25) is 4.79 Å². The summed E-state index contributed by atoms with van der Waals surface area (Å²) in [6.45, 7) is 6.52. The lowest BCUT2D eigenvalue weighted by atomic mass is 10.2. The van der Waals surface area contributed by atoms with E-state index in [1.807, 2.05) is 67.1 Å². The molecule has 0 saturated heterocycles. The number of nitrogens with zero attached hydrogens (tertiary/aromatic N) is 4.